The lowest BCUT2D eigenvalue weighted by Crippen LogP contribution is -2.24. The van der Waals surface area contributed by atoms with Crippen LogP contribution in [0.3, 0.4) is 0 Å². The van der Waals surface area contributed by atoms with E-state index in [9.17, 15) is 9.90 Å². The molecule has 23 heavy (non-hydrogen) atoms. The lowest BCUT2D eigenvalue weighted by molar-refractivity contribution is -0.301. The summed E-state index contributed by atoms with van der Waals surface area (Å²) in [5.41, 5.74) is 2.26. The van der Waals surface area contributed by atoms with Crippen molar-refractivity contribution in [3.63, 3.8) is 0 Å². The Morgan fingerprint density at radius 3 is 2.48 bits per heavy atom. The molecule has 0 amide bonds. The van der Waals surface area contributed by atoms with Crippen LogP contribution in [0.15, 0.2) is 42.1 Å². The van der Waals surface area contributed by atoms with Crippen LogP contribution in [0.1, 0.15) is 26.3 Å². The van der Waals surface area contributed by atoms with Gasteiger partial charge in [-0.3, -0.25) is 4.57 Å². The first-order chi connectivity index (χ1) is 10.8. The van der Waals surface area contributed by atoms with Gasteiger partial charge >= 0.3 is 0 Å². The molecule has 1 aromatic carbocycles. The maximum atomic E-state index is 10.6. The third kappa shape index (κ3) is 4.22. The van der Waals surface area contributed by atoms with Gasteiger partial charge in [0, 0.05) is 17.9 Å². The van der Waals surface area contributed by atoms with Crippen molar-refractivity contribution in [3.8, 4) is 11.4 Å². The minimum absolute atomic E-state index is 0.0861. The Morgan fingerprint density at radius 1 is 1.30 bits per heavy atom. The number of hydrogen-bond donors (Lipinski definition) is 0. The number of thioether (sulfide) groups is 1. The lowest BCUT2D eigenvalue weighted by atomic mass is 9.87. The van der Waals surface area contributed by atoms with Crippen LogP contribution >= 0.6 is 11.8 Å². The molecule has 2 rings (SSSR count). The largest absolute Gasteiger partial charge is 0.549 e. The van der Waals surface area contributed by atoms with Gasteiger partial charge < -0.3 is 9.90 Å². The number of aliphatic carboxylic acids is 1. The number of allylic oxidation sites excluding steroid dienone is 1. The summed E-state index contributed by atoms with van der Waals surface area (Å²) >= 11 is 1.10. The number of carboxylic acids is 1. The summed E-state index contributed by atoms with van der Waals surface area (Å²) in [5.74, 6) is -0.580. The topological polar surface area (TPSA) is 70.8 Å². The zero-order chi connectivity index (χ0) is 17.0. The van der Waals surface area contributed by atoms with Crippen LogP contribution in [0.4, 0.5) is 0 Å². The predicted molar refractivity (Wildman–Crippen MR) is 90.1 cm³/mol. The van der Waals surface area contributed by atoms with Crippen molar-refractivity contribution < 1.29 is 9.90 Å². The molecule has 0 aliphatic heterocycles. The van der Waals surface area contributed by atoms with Crippen LogP contribution in [-0.2, 0) is 16.8 Å². The Kier molecular flexibility index (Phi) is 5.26. The molecule has 0 bridgehead atoms. The minimum atomic E-state index is -1.13. The van der Waals surface area contributed by atoms with Gasteiger partial charge in [0.1, 0.15) is 0 Å². The molecule has 0 atom stereocenters. The van der Waals surface area contributed by atoms with Crippen molar-refractivity contribution in [1.82, 2.24) is 14.8 Å². The molecular formula is C17H20N3O2S-. The third-order valence-electron chi connectivity index (χ3n) is 3.36. The Balaban J connectivity index is 2.35. The first-order valence-electron chi connectivity index (χ1n) is 7.30. The molecule has 0 unspecified atom stereocenters. The molecule has 6 heteroatoms. The molecule has 1 heterocycles. The highest BCUT2D eigenvalue weighted by molar-refractivity contribution is 7.99. The molecule has 122 valence electrons. The van der Waals surface area contributed by atoms with Crippen molar-refractivity contribution in [1.29, 1.82) is 0 Å². The van der Waals surface area contributed by atoms with E-state index in [0.29, 0.717) is 17.5 Å². The van der Waals surface area contributed by atoms with Crippen molar-refractivity contribution in [2.24, 2.45) is 0 Å². The monoisotopic (exact) mass is 330 g/mol. The Labute approximate surface area is 140 Å². The number of hydrogen-bond acceptors (Lipinski definition) is 5. The molecule has 2 aromatic rings. The van der Waals surface area contributed by atoms with Gasteiger partial charge in [-0.05, 0) is 11.0 Å². The van der Waals surface area contributed by atoms with Crippen LogP contribution in [0, 0.1) is 0 Å². The third-order valence-corrected chi connectivity index (χ3v) is 4.30. The molecule has 0 spiro atoms. The van der Waals surface area contributed by atoms with Crippen molar-refractivity contribution in [2.45, 2.75) is 37.9 Å². The van der Waals surface area contributed by atoms with E-state index in [2.05, 4.69) is 49.7 Å². The van der Waals surface area contributed by atoms with Gasteiger partial charge in [0.15, 0.2) is 11.0 Å². The van der Waals surface area contributed by atoms with Crippen molar-refractivity contribution in [2.75, 3.05) is 5.75 Å². The van der Waals surface area contributed by atoms with E-state index >= 15 is 0 Å². The van der Waals surface area contributed by atoms with Crippen LogP contribution < -0.4 is 5.11 Å². The van der Waals surface area contributed by atoms with Gasteiger partial charge in [0.2, 0.25) is 0 Å². The van der Waals surface area contributed by atoms with Gasteiger partial charge in [-0.15, -0.1) is 16.8 Å². The molecule has 0 radical (unpaired) electrons. The van der Waals surface area contributed by atoms with Gasteiger partial charge in [0.05, 0.1) is 5.97 Å². The summed E-state index contributed by atoms with van der Waals surface area (Å²) in [6, 6.07) is 8.18. The van der Waals surface area contributed by atoms with E-state index in [-0.39, 0.29) is 11.2 Å². The lowest BCUT2D eigenvalue weighted by Gasteiger charge is -2.19. The first-order valence-corrected chi connectivity index (χ1v) is 8.29. The quantitative estimate of drug-likeness (QED) is 0.600. The molecule has 5 nitrogen and oxygen atoms in total. The number of aromatic nitrogens is 3. The summed E-state index contributed by atoms with van der Waals surface area (Å²) in [6.07, 6.45) is 1.74. The SMILES string of the molecule is C=CCn1c(SCC(=O)[O-])nnc1-c1ccc(C(C)(C)C)cc1. The zero-order valence-electron chi connectivity index (χ0n) is 13.6. The molecule has 0 fully saturated rings. The highest BCUT2D eigenvalue weighted by Gasteiger charge is 2.16. The maximum absolute atomic E-state index is 10.6. The fourth-order valence-electron chi connectivity index (χ4n) is 2.15. The van der Waals surface area contributed by atoms with E-state index in [1.54, 1.807) is 6.08 Å². The predicted octanol–water partition coefficient (Wildman–Crippen LogP) is 2.27. The second kappa shape index (κ2) is 7.00. The number of carboxylic acid groups (broad SMARTS) is 1. The van der Waals surface area contributed by atoms with E-state index in [4.69, 9.17) is 0 Å². The number of rotatable bonds is 6. The van der Waals surface area contributed by atoms with Gasteiger partial charge in [-0.25, -0.2) is 0 Å². The van der Waals surface area contributed by atoms with E-state index in [0.717, 1.165) is 17.3 Å². The summed E-state index contributed by atoms with van der Waals surface area (Å²) < 4.78 is 1.85. The number of carbonyl (C=O) groups excluding carboxylic acids is 1. The maximum Gasteiger partial charge on any atom is 0.192 e. The second-order valence-electron chi connectivity index (χ2n) is 6.19. The van der Waals surface area contributed by atoms with E-state index < -0.39 is 5.97 Å². The number of carbonyl (C=O) groups is 1. The van der Waals surface area contributed by atoms with Gasteiger partial charge in [-0.1, -0.05) is 62.9 Å². The van der Waals surface area contributed by atoms with Crippen LogP contribution in [0.2, 0.25) is 0 Å². The van der Waals surface area contributed by atoms with Crippen LogP contribution in [0.25, 0.3) is 11.4 Å². The van der Waals surface area contributed by atoms with Gasteiger partial charge in [0.25, 0.3) is 0 Å². The Hall–Kier alpha value is -2.08. The van der Waals surface area contributed by atoms with E-state index in [1.165, 1.54) is 5.56 Å². The van der Waals surface area contributed by atoms with E-state index in [1.807, 2.05) is 16.7 Å². The molecular weight excluding hydrogens is 310 g/mol. The second-order valence-corrected chi connectivity index (χ2v) is 7.14. The normalized spacial score (nSPS) is 11.4. The fraction of sp³-hybridized carbons (Fsp3) is 0.353. The van der Waals surface area contributed by atoms with Crippen LogP contribution in [-0.4, -0.2) is 26.5 Å². The van der Waals surface area contributed by atoms with Crippen molar-refractivity contribution in [3.05, 3.63) is 42.5 Å². The highest BCUT2D eigenvalue weighted by atomic mass is 32.2. The summed E-state index contributed by atoms with van der Waals surface area (Å²) in [5, 5.41) is 19.5. The minimum Gasteiger partial charge on any atom is -0.549 e. The molecule has 0 N–H and O–H groups in total. The zero-order valence-corrected chi connectivity index (χ0v) is 14.4. The summed E-state index contributed by atoms with van der Waals surface area (Å²) in [4.78, 5) is 10.6. The van der Waals surface area contributed by atoms with Crippen LogP contribution in [0.5, 0.6) is 0 Å². The molecule has 0 saturated carbocycles. The summed E-state index contributed by atoms with van der Waals surface area (Å²) in [7, 11) is 0. The highest BCUT2D eigenvalue weighted by Crippen LogP contribution is 2.27. The summed E-state index contributed by atoms with van der Waals surface area (Å²) in [6.45, 7) is 10.7. The number of nitrogens with zero attached hydrogens (tertiary/aromatic N) is 3. The Bertz CT molecular complexity index is 700. The average Bonchev–Trinajstić information content (AvgIpc) is 2.88. The smallest absolute Gasteiger partial charge is 0.192 e. The fourth-order valence-corrected chi connectivity index (χ4v) is 2.81. The Morgan fingerprint density at radius 2 is 1.96 bits per heavy atom. The average molecular weight is 330 g/mol. The molecule has 0 aliphatic rings. The molecule has 0 saturated heterocycles. The first kappa shape index (κ1) is 17.3. The standard InChI is InChI=1S/C17H21N3O2S/c1-5-10-20-15(18-19-16(20)23-11-14(21)22)12-6-8-13(9-7-12)17(2,3)4/h5-9H,1,10-11H2,2-4H3,(H,21,22)/p-1. The number of benzene rings is 1. The van der Waals surface area contributed by atoms with Crippen molar-refractivity contribution >= 4 is 17.7 Å². The molecule has 1 aromatic heterocycles. The molecule has 0 aliphatic carbocycles. The van der Waals surface area contributed by atoms with Gasteiger partial charge in [-0.2, -0.15) is 0 Å².